The lowest BCUT2D eigenvalue weighted by atomic mass is 10.1. The molecule has 5 nitrogen and oxygen atoms in total. The van der Waals surface area contributed by atoms with E-state index < -0.39 is 12.5 Å². The number of nitrogens with zero attached hydrogens (tertiary/aromatic N) is 3. The van der Waals surface area contributed by atoms with E-state index in [-0.39, 0.29) is 11.7 Å². The number of hydrogen-bond donors (Lipinski definition) is 1. The molecule has 0 spiro atoms. The fourth-order valence-corrected chi connectivity index (χ4v) is 2.38. The third kappa shape index (κ3) is 3.34. The fraction of sp³-hybridized carbons (Fsp3) is 0.176. The number of amides is 1. The first-order chi connectivity index (χ1) is 11.5. The molecule has 3 rings (SSSR count). The van der Waals surface area contributed by atoms with Crippen LogP contribution in [0.1, 0.15) is 35.6 Å². The van der Waals surface area contributed by atoms with Gasteiger partial charge in [0, 0.05) is 24.3 Å². The van der Waals surface area contributed by atoms with E-state index >= 15 is 0 Å². The highest BCUT2D eigenvalue weighted by molar-refractivity contribution is 5.92. The normalized spacial score (nSPS) is 12.3. The van der Waals surface area contributed by atoms with Crippen LogP contribution in [0.15, 0.2) is 61.1 Å². The molecule has 24 heavy (non-hydrogen) atoms. The summed E-state index contributed by atoms with van der Waals surface area (Å²) in [5.41, 5.74) is 1.84. The highest BCUT2D eigenvalue weighted by atomic mass is 19.3. The van der Waals surface area contributed by atoms with E-state index in [2.05, 4.69) is 10.4 Å². The topological polar surface area (TPSA) is 51.9 Å². The lowest BCUT2D eigenvalue weighted by Crippen LogP contribution is -2.27. The lowest BCUT2D eigenvalue weighted by molar-refractivity contribution is 0.0559. The molecule has 124 valence electrons. The summed E-state index contributed by atoms with van der Waals surface area (Å²) in [6.45, 7) is -0.932. The standard InChI is InChI=1S/C17H16F2N4O/c1-12(20-16(24)15-7-10-23(21-15)17(18)19)13-5-4-6-14(11-13)22-8-2-3-9-22/h2-12,17H,1H3,(H,20,24)/t12-/m1/s1. The maximum atomic E-state index is 12.5. The summed E-state index contributed by atoms with van der Waals surface area (Å²) in [6.07, 6.45) is 4.94. The number of halogens is 2. The lowest BCUT2D eigenvalue weighted by Gasteiger charge is -2.15. The van der Waals surface area contributed by atoms with Crippen molar-refractivity contribution in [2.45, 2.75) is 19.5 Å². The van der Waals surface area contributed by atoms with Gasteiger partial charge in [0.1, 0.15) is 5.69 Å². The van der Waals surface area contributed by atoms with Gasteiger partial charge >= 0.3 is 6.55 Å². The Hall–Kier alpha value is -2.96. The average Bonchev–Trinajstić information content (AvgIpc) is 3.26. The van der Waals surface area contributed by atoms with Crippen LogP contribution in [0, 0.1) is 0 Å². The van der Waals surface area contributed by atoms with Gasteiger partial charge in [0.15, 0.2) is 0 Å². The first-order valence-electron chi connectivity index (χ1n) is 7.42. The van der Waals surface area contributed by atoms with Crippen LogP contribution in [0.4, 0.5) is 8.78 Å². The fourth-order valence-electron chi connectivity index (χ4n) is 2.38. The molecule has 0 aliphatic rings. The SMILES string of the molecule is C[C@@H](NC(=O)c1ccn(C(F)F)n1)c1cccc(-n2cccc2)c1. The summed E-state index contributed by atoms with van der Waals surface area (Å²) in [4.78, 5) is 12.1. The van der Waals surface area contributed by atoms with Crippen molar-refractivity contribution in [1.29, 1.82) is 0 Å². The maximum absolute atomic E-state index is 12.5. The van der Waals surface area contributed by atoms with E-state index in [0.29, 0.717) is 4.68 Å². The van der Waals surface area contributed by atoms with Gasteiger partial charge in [0.25, 0.3) is 5.91 Å². The van der Waals surface area contributed by atoms with Crippen LogP contribution in [0.2, 0.25) is 0 Å². The molecule has 3 aromatic rings. The van der Waals surface area contributed by atoms with E-state index in [4.69, 9.17) is 0 Å². The van der Waals surface area contributed by atoms with Gasteiger partial charge in [-0.3, -0.25) is 4.79 Å². The van der Waals surface area contributed by atoms with Crippen molar-refractivity contribution in [3.8, 4) is 5.69 Å². The third-order valence-electron chi connectivity index (χ3n) is 3.66. The van der Waals surface area contributed by atoms with Gasteiger partial charge in [-0.05, 0) is 42.8 Å². The van der Waals surface area contributed by atoms with Gasteiger partial charge in [-0.15, -0.1) is 0 Å². The molecule has 1 amide bonds. The molecule has 0 radical (unpaired) electrons. The second-order valence-electron chi connectivity index (χ2n) is 5.34. The van der Waals surface area contributed by atoms with Crippen molar-refractivity contribution in [1.82, 2.24) is 19.7 Å². The number of carbonyl (C=O) groups is 1. The monoisotopic (exact) mass is 330 g/mol. The van der Waals surface area contributed by atoms with Crippen LogP contribution < -0.4 is 5.32 Å². The van der Waals surface area contributed by atoms with Crippen molar-refractivity contribution in [3.05, 3.63) is 72.3 Å². The maximum Gasteiger partial charge on any atom is 0.333 e. The zero-order valence-electron chi connectivity index (χ0n) is 12.9. The van der Waals surface area contributed by atoms with Crippen LogP contribution in [0.3, 0.4) is 0 Å². The molecule has 2 aromatic heterocycles. The Kier molecular flexibility index (Phi) is 4.41. The van der Waals surface area contributed by atoms with Gasteiger partial charge in [-0.2, -0.15) is 13.9 Å². The Morgan fingerprint density at radius 1 is 1.12 bits per heavy atom. The Morgan fingerprint density at radius 2 is 1.88 bits per heavy atom. The number of hydrogen-bond acceptors (Lipinski definition) is 2. The highest BCUT2D eigenvalue weighted by Gasteiger charge is 2.16. The number of carbonyl (C=O) groups excluding carboxylic acids is 1. The van der Waals surface area contributed by atoms with E-state index in [0.717, 1.165) is 17.4 Å². The summed E-state index contributed by atoms with van der Waals surface area (Å²) in [7, 11) is 0. The molecule has 0 saturated carbocycles. The minimum atomic E-state index is -2.76. The molecular formula is C17H16F2N4O. The van der Waals surface area contributed by atoms with Gasteiger partial charge in [-0.1, -0.05) is 12.1 Å². The van der Waals surface area contributed by atoms with Crippen LogP contribution in [0.25, 0.3) is 5.69 Å². The van der Waals surface area contributed by atoms with Crippen LogP contribution in [0.5, 0.6) is 0 Å². The molecule has 0 aliphatic heterocycles. The minimum Gasteiger partial charge on any atom is -0.344 e. The second kappa shape index (κ2) is 6.66. The largest absolute Gasteiger partial charge is 0.344 e. The van der Waals surface area contributed by atoms with Crippen molar-refractivity contribution in [3.63, 3.8) is 0 Å². The molecule has 0 fully saturated rings. The number of nitrogens with one attached hydrogen (secondary N) is 1. The molecular weight excluding hydrogens is 314 g/mol. The van der Waals surface area contributed by atoms with Gasteiger partial charge in [0.05, 0.1) is 6.04 Å². The first kappa shape index (κ1) is 15.9. The van der Waals surface area contributed by atoms with Crippen molar-refractivity contribution in [2.24, 2.45) is 0 Å². The highest BCUT2D eigenvalue weighted by Crippen LogP contribution is 2.18. The molecule has 1 N–H and O–H groups in total. The molecule has 2 heterocycles. The average molecular weight is 330 g/mol. The van der Waals surface area contributed by atoms with E-state index in [1.54, 1.807) is 0 Å². The molecule has 0 saturated heterocycles. The Labute approximate surface area is 137 Å². The number of alkyl halides is 2. The van der Waals surface area contributed by atoms with Crippen LogP contribution in [-0.4, -0.2) is 20.3 Å². The van der Waals surface area contributed by atoms with E-state index in [1.165, 1.54) is 6.07 Å². The third-order valence-corrected chi connectivity index (χ3v) is 3.66. The first-order valence-corrected chi connectivity index (χ1v) is 7.42. The van der Waals surface area contributed by atoms with Gasteiger partial charge in [0.2, 0.25) is 0 Å². The molecule has 1 atom stereocenters. The van der Waals surface area contributed by atoms with Crippen LogP contribution in [-0.2, 0) is 0 Å². The summed E-state index contributed by atoms with van der Waals surface area (Å²) in [5, 5.41) is 6.33. The molecule has 0 aliphatic carbocycles. The van der Waals surface area contributed by atoms with Crippen molar-refractivity contribution < 1.29 is 13.6 Å². The minimum absolute atomic E-state index is 0.0382. The van der Waals surface area contributed by atoms with E-state index in [1.807, 2.05) is 60.3 Å². The number of benzene rings is 1. The zero-order chi connectivity index (χ0) is 17.1. The number of aromatic nitrogens is 3. The predicted octanol–water partition coefficient (Wildman–Crippen LogP) is 3.56. The van der Waals surface area contributed by atoms with Gasteiger partial charge < -0.3 is 9.88 Å². The summed E-state index contributed by atoms with van der Waals surface area (Å²) in [5.74, 6) is -0.492. The summed E-state index contributed by atoms with van der Waals surface area (Å²) >= 11 is 0. The zero-order valence-corrected chi connectivity index (χ0v) is 12.9. The van der Waals surface area contributed by atoms with E-state index in [9.17, 15) is 13.6 Å². The smallest absolute Gasteiger partial charge is 0.333 e. The molecule has 1 aromatic carbocycles. The molecule has 7 heteroatoms. The second-order valence-corrected chi connectivity index (χ2v) is 5.34. The molecule has 0 unspecified atom stereocenters. The van der Waals surface area contributed by atoms with Crippen molar-refractivity contribution >= 4 is 5.91 Å². The predicted molar refractivity (Wildman–Crippen MR) is 85.1 cm³/mol. The van der Waals surface area contributed by atoms with Gasteiger partial charge in [-0.25, -0.2) is 4.68 Å². The van der Waals surface area contributed by atoms with Crippen LogP contribution >= 0.6 is 0 Å². The Balaban J connectivity index is 1.73. The van der Waals surface area contributed by atoms with Crippen molar-refractivity contribution in [2.75, 3.05) is 0 Å². The number of rotatable bonds is 5. The Bertz CT molecular complexity index is 827. The summed E-state index contributed by atoms with van der Waals surface area (Å²) in [6, 6.07) is 12.6. The summed E-state index contributed by atoms with van der Waals surface area (Å²) < 4.78 is 27.4. The molecule has 0 bridgehead atoms. The quantitative estimate of drug-likeness (QED) is 0.778. The Morgan fingerprint density at radius 3 is 2.54 bits per heavy atom.